The van der Waals surface area contributed by atoms with Crippen LogP contribution in [0.1, 0.15) is 24.5 Å². The summed E-state index contributed by atoms with van der Waals surface area (Å²) in [5, 5.41) is 3.37. The zero-order valence-electron chi connectivity index (χ0n) is 11.4. The van der Waals surface area contributed by atoms with Crippen LogP contribution in [-0.4, -0.2) is 28.0 Å². The Balaban J connectivity index is 0.000000704. The number of nitrogens with zero attached hydrogens (tertiary/aromatic N) is 3. The van der Waals surface area contributed by atoms with Gasteiger partial charge in [-0.05, 0) is 38.1 Å². The lowest BCUT2D eigenvalue weighted by Crippen LogP contribution is -2.27. The molecule has 1 aliphatic heterocycles. The van der Waals surface area contributed by atoms with Crippen LogP contribution in [0.15, 0.2) is 36.9 Å². The molecule has 0 unspecified atom stereocenters. The number of nitrogens with one attached hydrogen (secondary N) is 1. The molecule has 3 heterocycles. The van der Waals surface area contributed by atoms with E-state index < -0.39 is 0 Å². The van der Waals surface area contributed by atoms with Crippen LogP contribution in [0.25, 0.3) is 11.3 Å². The Bertz CT molecular complexity index is 510. The number of hydrazine groups is 1. The van der Waals surface area contributed by atoms with Crippen LogP contribution >= 0.6 is 0 Å². The van der Waals surface area contributed by atoms with Crippen LogP contribution in [0.4, 0.5) is 0 Å². The van der Waals surface area contributed by atoms with Crippen molar-refractivity contribution in [2.45, 2.75) is 18.8 Å². The molecule has 6 heteroatoms. The van der Waals surface area contributed by atoms with E-state index in [1.165, 1.54) is 0 Å². The van der Waals surface area contributed by atoms with E-state index in [1.54, 1.807) is 12.4 Å². The van der Waals surface area contributed by atoms with E-state index in [1.807, 2.05) is 24.5 Å². The third-order valence-corrected chi connectivity index (χ3v) is 3.39. The molecule has 5 N–H and O–H groups in total. The smallest absolute Gasteiger partial charge is 0.0889 e. The fourth-order valence-corrected chi connectivity index (χ4v) is 2.36. The summed E-state index contributed by atoms with van der Waals surface area (Å²) in [6.07, 6.45) is 9.59. The van der Waals surface area contributed by atoms with Crippen molar-refractivity contribution in [2.24, 2.45) is 11.7 Å². The lowest BCUT2D eigenvalue weighted by atomic mass is 9.95. The minimum atomic E-state index is 0.542. The van der Waals surface area contributed by atoms with Gasteiger partial charge in [0.25, 0.3) is 0 Å². The first-order chi connectivity index (χ1) is 9.93. The van der Waals surface area contributed by atoms with Crippen molar-refractivity contribution in [3.8, 4) is 11.3 Å². The Morgan fingerprint density at radius 1 is 1.00 bits per heavy atom. The molecule has 0 atom stereocenters. The molecule has 0 aliphatic carbocycles. The highest BCUT2D eigenvalue weighted by molar-refractivity contribution is 5.57. The van der Waals surface area contributed by atoms with Crippen LogP contribution in [-0.2, 0) is 0 Å². The second-order valence-corrected chi connectivity index (χ2v) is 4.59. The molecule has 0 bridgehead atoms. The average Bonchev–Trinajstić information content (AvgIpc) is 2.58. The molecule has 1 saturated heterocycles. The number of piperidine rings is 1. The lowest BCUT2D eigenvalue weighted by Gasteiger charge is -2.22. The maximum absolute atomic E-state index is 4.75. The third kappa shape index (κ3) is 3.57. The summed E-state index contributed by atoms with van der Waals surface area (Å²) < 4.78 is 0. The van der Waals surface area contributed by atoms with Crippen LogP contribution < -0.4 is 17.0 Å². The van der Waals surface area contributed by atoms with Gasteiger partial charge in [-0.2, -0.15) is 0 Å². The standard InChI is InChI=1S/C14H16N4.H4N2/c1-5-15-6-2-11(1)13-9-17-10-14(18-13)12-3-7-16-8-4-12;1-2/h1-2,5-6,9-10,12,16H,3-4,7-8H2;1-2H2. The number of pyridine rings is 1. The molecule has 1 fully saturated rings. The van der Waals surface area contributed by atoms with E-state index >= 15 is 0 Å². The van der Waals surface area contributed by atoms with Gasteiger partial charge in [0.05, 0.1) is 17.6 Å². The lowest BCUT2D eigenvalue weighted by molar-refractivity contribution is 0.452. The predicted octanol–water partition coefficient (Wildman–Crippen LogP) is 0.824. The fourth-order valence-electron chi connectivity index (χ4n) is 2.36. The maximum atomic E-state index is 4.75. The van der Waals surface area contributed by atoms with E-state index in [4.69, 9.17) is 4.98 Å². The van der Waals surface area contributed by atoms with Gasteiger partial charge in [-0.3, -0.25) is 21.7 Å². The zero-order valence-corrected chi connectivity index (χ0v) is 11.4. The minimum absolute atomic E-state index is 0.542. The average molecular weight is 272 g/mol. The summed E-state index contributed by atoms with van der Waals surface area (Å²) in [5.41, 5.74) is 3.13. The van der Waals surface area contributed by atoms with Crippen LogP contribution in [0, 0.1) is 0 Å². The number of nitrogens with two attached hydrogens (primary N) is 2. The molecule has 0 aromatic carbocycles. The highest BCUT2D eigenvalue weighted by Gasteiger charge is 2.17. The molecule has 2 aromatic rings. The summed E-state index contributed by atoms with van der Waals surface area (Å²) in [6.45, 7) is 2.15. The van der Waals surface area contributed by atoms with Crippen molar-refractivity contribution in [3.63, 3.8) is 0 Å². The van der Waals surface area contributed by atoms with Gasteiger partial charge in [0.1, 0.15) is 0 Å². The highest BCUT2D eigenvalue weighted by Crippen LogP contribution is 2.24. The molecule has 1 aliphatic rings. The molecule has 0 spiro atoms. The molecular weight excluding hydrogens is 252 g/mol. The monoisotopic (exact) mass is 272 g/mol. The number of aromatic nitrogens is 3. The SMILES string of the molecule is NN.c1cc(-c2cncc(C3CCNCC3)n2)ccn1. The second kappa shape index (κ2) is 7.64. The fraction of sp³-hybridized carbons (Fsp3) is 0.357. The quantitative estimate of drug-likeness (QED) is 0.552. The number of hydrogen-bond acceptors (Lipinski definition) is 6. The van der Waals surface area contributed by atoms with Crippen LogP contribution in [0.2, 0.25) is 0 Å². The minimum Gasteiger partial charge on any atom is -0.317 e. The first-order valence-electron chi connectivity index (χ1n) is 6.70. The summed E-state index contributed by atoms with van der Waals surface area (Å²) in [4.78, 5) is 13.1. The van der Waals surface area contributed by atoms with E-state index in [0.717, 1.165) is 42.9 Å². The largest absolute Gasteiger partial charge is 0.317 e. The Hall–Kier alpha value is -1.89. The Kier molecular flexibility index (Phi) is 5.55. The van der Waals surface area contributed by atoms with Crippen molar-refractivity contribution in [2.75, 3.05) is 13.1 Å². The van der Waals surface area contributed by atoms with Crippen molar-refractivity contribution in [1.82, 2.24) is 20.3 Å². The van der Waals surface area contributed by atoms with E-state index in [-0.39, 0.29) is 0 Å². The topological polar surface area (TPSA) is 103 Å². The molecular formula is C14H20N6. The Morgan fingerprint density at radius 3 is 2.40 bits per heavy atom. The molecule has 20 heavy (non-hydrogen) atoms. The highest BCUT2D eigenvalue weighted by atomic mass is 15.0. The van der Waals surface area contributed by atoms with E-state index in [2.05, 4.69) is 27.0 Å². The van der Waals surface area contributed by atoms with Crippen molar-refractivity contribution >= 4 is 0 Å². The van der Waals surface area contributed by atoms with Crippen LogP contribution in [0.5, 0.6) is 0 Å². The summed E-state index contributed by atoms with van der Waals surface area (Å²) in [5.74, 6) is 8.54. The molecule has 0 saturated carbocycles. The van der Waals surface area contributed by atoms with Gasteiger partial charge >= 0.3 is 0 Å². The molecule has 0 radical (unpaired) electrons. The number of rotatable bonds is 2. The number of hydrogen-bond donors (Lipinski definition) is 3. The molecule has 2 aromatic heterocycles. The van der Waals surface area contributed by atoms with Gasteiger partial charge in [-0.15, -0.1) is 0 Å². The first-order valence-corrected chi connectivity index (χ1v) is 6.70. The van der Waals surface area contributed by atoms with E-state index in [0.29, 0.717) is 5.92 Å². The van der Waals surface area contributed by atoms with Crippen molar-refractivity contribution in [1.29, 1.82) is 0 Å². The van der Waals surface area contributed by atoms with Crippen LogP contribution in [0.3, 0.4) is 0 Å². The maximum Gasteiger partial charge on any atom is 0.0889 e. The van der Waals surface area contributed by atoms with Gasteiger partial charge in [-0.25, -0.2) is 4.98 Å². The molecule has 0 amide bonds. The molecule has 3 rings (SSSR count). The predicted molar refractivity (Wildman–Crippen MR) is 78.5 cm³/mol. The summed E-state index contributed by atoms with van der Waals surface area (Å²) in [7, 11) is 0. The molecule has 6 nitrogen and oxygen atoms in total. The van der Waals surface area contributed by atoms with Gasteiger partial charge in [0.15, 0.2) is 0 Å². The van der Waals surface area contributed by atoms with Gasteiger partial charge in [-0.1, -0.05) is 0 Å². The Morgan fingerprint density at radius 2 is 1.70 bits per heavy atom. The Labute approximate surface area is 118 Å². The second-order valence-electron chi connectivity index (χ2n) is 4.59. The summed E-state index contributed by atoms with van der Waals surface area (Å²) >= 11 is 0. The van der Waals surface area contributed by atoms with Gasteiger partial charge < -0.3 is 5.32 Å². The van der Waals surface area contributed by atoms with Crippen molar-refractivity contribution in [3.05, 3.63) is 42.6 Å². The summed E-state index contributed by atoms with van der Waals surface area (Å²) in [6, 6.07) is 3.94. The molecule has 106 valence electrons. The van der Waals surface area contributed by atoms with Gasteiger partial charge in [0.2, 0.25) is 0 Å². The van der Waals surface area contributed by atoms with Gasteiger partial charge in [0, 0.05) is 30.1 Å². The van der Waals surface area contributed by atoms with E-state index in [9.17, 15) is 0 Å². The third-order valence-electron chi connectivity index (χ3n) is 3.39. The normalized spacial score (nSPS) is 15.3. The first kappa shape index (κ1) is 14.5. The zero-order chi connectivity index (χ0) is 14.2. The van der Waals surface area contributed by atoms with Crippen molar-refractivity contribution < 1.29 is 0 Å².